The molecule has 0 heterocycles. The van der Waals surface area contributed by atoms with Crippen molar-refractivity contribution in [1.82, 2.24) is 5.32 Å². The van der Waals surface area contributed by atoms with Crippen LogP contribution >= 0.6 is 11.6 Å². The number of rotatable bonds is 5. The zero-order chi connectivity index (χ0) is 15.6. The van der Waals surface area contributed by atoms with Gasteiger partial charge in [0.1, 0.15) is 4.90 Å². The molecule has 0 radical (unpaired) electrons. The second-order valence-electron chi connectivity index (χ2n) is 5.28. The molecule has 0 aromatic heterocycles. The summed E-state index contributed by atoms with van der Waals surface area (Å²) in [6.07, 6.45) is 1.74. The van der Waals surface area contributed by atoms with Gasteiger partial charge in [-0.05, 0) is 38.5 Å². The molecule has 0 fully saturated rings. The van der Waals surface area contributed by atoms with Gasteiger partial charge < -0.3 is 5.32 Å². The predicted molar refractivity (Wildman–Crippen MR) is 79.3 cm³/mol. The Morgan fingerprint density at radius 2 is 2.00 bits per heavy atom. The topological polar surface area (TPSA) is 89.3 Å². The minimum atomic E-state index is -3.96. The summed E-state index contributed by atoms with van der Waals surface area (Å²) in [7, 11) is -3.96. The minimum absolute atomic E-state index is 0.00290. The van der Waals surface area contributed by atoms with Crippen LogP contribution in [0.2, 0.25) is 5.02 Å². The maximum Gasteiger partial charge on any atom is 0.251 e. The lowest BCUT2D eigenvalue weighted by Gasteiger charge is -2.25. The van der Waals surface area contributed by atoms with Crippen LogP contribution in [-0.2, 0) is 10.0 Å². The van der Waals surface area contributed by atoms with E-state index in [1.807, 2.05) is 20.8 Å². The van der Waals surface area contributed by atoms with Crippen molar-refractivity contribution in [3.05, 3.63) is 28.8 Å². The summed E-state index contributed by atoms with van der Waals surface area (Å²) in [5.74, 6) is -0.356. The smallest absolute Gasteiger partial charge is 0.251 e. The van der Waals surface area contributed by atoms with Gasteiger partial charge in [0, 0.05) is 11.1 Å². The fourth-order valence-electron chi connectivity index (χ4n) is 1.93. The van der Waals surface area contributed by atoms with Crippen molar-refractivity contribution >= 4 is 27.5 Å². The molecule has 1 amide bonds. The molecule has 0 aliphatic rings. The van der Waals surface area contributed by atoms with Crippen LogP contribution in [0.1, 0.15) is 44.0 Å². The van der Waals surface area contributed by atoms with Crippen molar-refractivity contribution in [2.45, 2.75) is 44.0 Å². The van der Waals surface area contributed by atoms with Crippen LogP contribution < -0.4 is 10.5 Å². The van der Waals surface area contributed by atoms with E-state index in [0.29, 0.717) is 0 Å². The van der Waals surface area contributed by atoms with Crippen molar-refractivity contribution in [2.75, 3.05) is 0 Å². The molecule has 0 unspecified atom stereocenters. The molecule has 5 nitrogen and oxygen atoms in total. The van der Waals surface area contributed by atoms with E-state index in [0.717, 1.165) is 12.8 Å². The number of sulfonamides is 1. The Kier molecular flexibility index (Phi) is 5.18. The number of primary sulfonamides is 1. The number of nitrogens with two attached hydrogens (primary N) is 1. The molecular weight excluding hydrogens is 300 g/mol. The number of halogens is 1. The molecule has 112 valence electrons. The second-order valence-corrected chi connectivity index (χ2v) is 7.22. The number of nitrogens with one attached hydrogen (secondary N) is 1. The Morgan fingerprint density at radius 3 is 2.50 bits per heavy atom. The standard InChI is InChI=1S/C13H19ClN2O3S/c1-4-7-13(2,3)16-12(17)9-5-6-10(14)11(8-9)20(15,18)19/h5-6,8H,4,7H2,1-3H3,(H,16,17)(H2,15,18,19). The zero-order valence-corrected chi connectivity index (χ0v) is 13.3. The molecule has 0 saturated heterocycles. The third-order valence-electron chi connectivity index (χ3n) is 2.83. The number of carbonyl (C=O) groups is 1. The van der Waals surface area contributed by atoms with E-state index in [9.17, 15) is 13.2 Å². The fraction of sp³-hybridized carbons (Fsp3) is 0.462. The van der Waals surface area contributed by atoms with Crippen LogP contribution in [0.5, 0.6) is 0 Å². The first-order valence-corrected chi connectivity index (χ1v) is 8.14. The largest absolute Gasteiger partial charge is 0.347 e. The molecule has 20 heavy (non-hydrogen) atoms. The van der Waals surface area contributed by atoms with Crippen LogP contribution in [0.3, 0.4) is 0 Å². The van der Waals surface area contributed by atoms with Crippen LogP contribution in [-0.4, -0.2) is 19.9 Å². The normalized spacial score (nSPS) is 12.2. The van der Waals surface area contributed by atoms with Gasteiger partial charge in [-0.3, -0.25) is 4.79 Å². The molecule has 0 aliphatic heterocycles. The molecule has 1 aromatic carbocycles. The van der Waals surface area contributed by atoms with E-state index < -0.39 is 10.0 Å². The van der Waals surface area contributed by atoms with Gasteiger partial charge >= 0.3 is 0 Å². The van der Waals surface area contributed by atoms with E-state index in [4.69, 9.17) is 16.7 Å². The van der Waals surface area contributed by atoms with Crippen LogP contribution in [0.25, 0.3) is 0 Å². The van der Waals surface area contributed by atoms with Crippen LogP contribution in [0, 0.1) is 0 Å². The minimum Gasteiger partial charge on any atom is -0.347 e. The second kappa shape index (κ2) is 6.11. The average Bonchev–Trinajstić information content (AvgIpc) is 2.26. The number of hydrogen-bond donors (Lipinski definition) is 2. The lowest BCUT2D eigenvalue weighted by molar-refractivity contribution is 0.0909. The molecule has 0 atom stereocenters. The monoisotopic (exact) mass is 318 g/mol. The van der Waals surface area contributed by atoms with E-state index in [1.165, 1.54) is 18.2 Å². The number of hydrogen-bond acceptors (Lipinski definition) is 3. The highest BCUT2D eigenvalue weighted by atomic mass is 35.5. The van der Waals surface area contributed by atoms with E-state index in [1.54, 1.807) is 0 Å². The Bertz CT molecular complexity index is 612. The van der Waals surface area contributed by atoms with Crippen molar-refractivity contribution in [2.24, 2.45) is 5.14 Å². The zero-order valence-electron chi connectivity index (χ0n) is 11.7. The summed E-state index contributed by atoms with van der Waals surface area (Å²) in [5, 5.41) is 7.91. The fourth-order valence-corrected chi connectivity index (χ4v) is 3.00. The first kappa shape index (κ1) is 16.9. The number of benzene rings is 1. The Balaban J connectivity index is 3.07. The molecule has 0 aliphatic carbocycles. The third-order valence-corrected chi connectivity index (χ3v) is 4.22. The molecule has 3 N–H and O–H groups in total. The van der Waals surface area contributed by atoms with Crippen molar-refractivity contribution in [3.63, 3.8) is 0 Å². The Labute approximate surface area is 124 Å². The lowest BCUT2D eigenvalue weighted by Crippen LogP contribution is -2.43. The van der Waals surface area contributed by atoms with Crippen molar-refractivity contribution in [1.29, 1.82) is 0 Å². The Morgan fingerprint density at radius 1 is 1.40 bits per heavy atom. The molecule has 7 heteroatoms. The number of carbonyl (C=O) groups excluding carboxylic acids is 1. The first-order chi connectivity index (χ1) is 9.07. The van der Waals surface area contributed by atoms with Gasteiger partial charge in [0.15, 0.2) is 0 Å². The Hall–Kier alpha value is -1.11. The van der Waals surface area contributed by atoms with Crippen molar-refractivity contribution < 1.29 is 13.2 Å². The van der Waals surface area contributed by atoms with E-state index in [2.05, 4.69) is 5.32 Å². The molecular formula is C13H19ClN2O3S. The van der Waals surface area contributed by atoms with Gasteiger partial charge in [-0.15, -0.1) is 0 Å². The van der Waals surface area contributed by atoms with E-state index in [-0.39, 0.29) is 26.9 Å². The summed E-state index contributed by atoms with van der Waals surface area (Å²) in [6.45, 7) is 5.84. The maximum absolute atomic E-state index is 12.1. The summed E-state index contributed by atoms with van der Waals surface area (Å²) in [4.78, 5) is 11.9. The summed E-state index contributed by atoms with van der Waals surface area (Å²) < 4.78 is 22.8. The highest BCUT2D eigenvalue weighted by Gasteiger charge is 2.22. The lowest BCUT2D eigenvalue weighted by atomic mass is 9.98. The highest BCUT2D eigenvalue weighted by Crippen LogP contribution is 2.22. The first-order valence-electron chi connectivity index (χ1n) is 6.21. The van der Waals surface area contributed by atoms with Crippen LogP contribution in [0.15, 0.2) is 23.1 Å². The molecule has 0 spiro atoms. The van der Waals surface area contributed by atoms with Gasteiger partial charge in [0.2, 0.25) is 10.0 Å². The number of amides is 1. The van der Waals surface area contributed by atoms with Gasteiger partial charge in [-0.25, -0.2) is 13.6 Å². The highest BCUT2D eigenvalue weighted by molar-refractivity contribution is 7.89. The van der Waals surface area contributed by atoms with Gasteiger partial charge in [-0.2, -0.15) is 0 Å². The molecule has 1 aromatic rings. The quantitative estimate of drug-likeness (QED) is 0.873. The van der Waals surface area contributed by atoms with Gasteiger partial charge in [0.05, 0.1) is 5.02 Å². The van der Waals surface area contributed by atoms with Crippen LogP contribution in [0.4, 0.5) is 0 Å². The summed E-state index contributed by atoms with van der Waals surface area (Å²) in [5.41, 5.74) is -0.157. The third kappa shape index (κ3) is 4.47. The average molecular weight is 319 g/mol. The molecule has 1 rings (SSSR count). The van der Waals surface area contributed by atoms with E-state index >= 15 is 0 Å². The van der Waals surface area contributed by atoms with Gasteiger partial charge in [-0.1, -0.05) is 24.9 Å². The SMILES string of the molecule is CCCC(C)(C)NC(=O)c1ccc(Cl)c(S(N)(=O)=O)c1. The summed E-state index contributed by atoms with van der Waals surface area (Å²) >= 11 is 5.78. The summed E-state index contributed by atoms with van der Waals surface area (Å²) in [6, 6.07) is 4.01. The van der Waals surface area contributed by atoms with Gasteiger partial charge in [0.25, 0.3) is 5.91 Å². The molecule has 0 bridgehead atoms. The molecule has 0 saturated carbocycles. The maximum atomic E-state index is 12.1. The predicted octanol–water partition coefficient (Wildman–Crippen LogP) is 2.30. The van der Waals surface area contributed by atoms with Crippen molar-refractivity contribution in [3.8, 4) is 0 Å².